The molecule has 204 valence electrons. The van der Waals surface area contributed by atoms with Gasteiger partial charge in [0.1, 0.15) is 22.8 Å². The van der Waals surface area contributed by atoms with Crippen molar-refractivity contribution >= 4 is 33.6 Å². The second-order valence-electron chi connectivity index (χ2n) is 10.7. The molecule has 4 nitrogen and oxygen atoms in total. The number of nitrogens with one attached hydrogen (secondary N) is 1. The molecule has 0 saturated heterocycles. The van der Waals surface area contributed by atoms with Crippen LogP contribution in [-0.2, 0) is 0 Å². The molecule has 1 aromatic heterocycles. The number of aliphatic imine (C=N–C) groups is 2. The van der Waals surface area contributed by atoms with E-state index in [9.17, 15) is 0 Å². The third-order valence-corrected chi connectivity index (χ3v) is 7.95. The van der Waals surface area contributed by atoms with E-state index in [0.29, 0.717) is 0 Å². The Labute approximate surface area is 249 Å². The second-order valence-corrected chi connectivity index (χ2v) is 10.7. The summed E-state index contributed by atoms with van der Waals surface area (Å²) in [6, 6.07) is 52.3. The molecule has 0 spiro atoms. The number of hydrogen-bond acceptors (Lipinski definition) is 4. The number of fused-ring (bicyclic) bond motifs is 3. The molecule has 8 rings (SSSR count). The highest BCUT2D eigenvalue weighted by Gasteiger charge is 2.21. The van der Waals surface area contributed by atoms with Gasteiger partial charge in [0.05, 0.1) is 0 Å². The summed E-state index contributed by atoms with van der Waals surface area (Å²) in [6.45, 7) is 0. The summed E-state index contributed by atoms with van der Waals surface area (Å²) >= 11 is 0. The van der Waals surface area contributed by atoms with E-state index in [1.165, 1.54) is 16.7 Å². The standard InChI is InChI=1S/C39H27N3O/c1-4-10-26(11-5-1)27-16-18-28(19-17-27)31-21-23-35-34(24-31)33-22-20-32(25-36(33)43-35)39-41-37(29-12-6-2-7-13-29)40-38(42-39)30-14-8-3-9-15-30/h1-25,37H,(H,40,41,42). The summed E-state index contributed by atoms with van der Waals surface area (Å²) in [7, 11) is 0. The lowest BCUT2D eigenvalue weighted by molar-refractivity contribution is 0.668. The van der Waals surface area contributed by atoms with Crippen molar-refractivity contribution in [2.24, 2.45) is 9.98 Å². The fourth-order valence-corrected chi connectivity index (χ4v) is 5.70. The van der Waals surface area contributed by atoms with Crippen molar-refractivity contribution in [2.75, 3.05) is 0 Å². The van der Waals surface area contributed by atoms with Gasteiger partial charge >= 0.3 is 0 Å². The zero-order valence-electron chi connectivity index (χ0n) is 23.3. The van der Waals surface area contributed by atoms with Gasteiger partial charge in [-0.3, -0.25) is 0 Å². The first-order valence-electron chi connectivity index (χ1n) is 14.4. The largest absolute Gasteiger partial charge is 0.456 e. The average molecular weight is 554 g/mol. The summed E-state index contributed by atoms with van der Waals surface area (Å²) in [6.07, 6.45) is -0.338. The molecule has 0 aliphatic carbocycles. The number of benzene rings is 6. The molecule has 43 heavy (non-hydrogen) atoms. The molecular formula is C39H27N3O. The van der Waals surface area contributed by atoms with Crippen molar-refractivity contribution in [3.8, 4) is 22.3 Å². The lowest BCUT2D eigenvalue weighted by Gasteiger charge is -2.22. The fraction of sp³-hybridized carbons (Fsp3) is 0.0256. The van der Waals surface area contributed by atoms with E-state index < -0.39 is 0 Å². The minimum Gasteiger partial charge on any atom is -0.456 e. The normalized spacial score (nSPS) is 14.7. The highest BCUT2D eigenvalue weighted by Crippen LogP contribution is 2.34. The number of nitrogens with zero attached hydrogens (tertiary/aromatic N) is 2. The molecule has 1 N–H and O–H groups in total. The maximum absolute atomic E-state index is 6.36. The van der Waals surface area contributed by atoms with Gasteiger partial charge in [-0.15, -0.1) is 0 Å². The van der Waals surface area contributed by atoms with E-state index in [2.05, 4.69) is 115 Å². The molecule has 2 heterocycles. The second kappa shape index (κ2) is 10.6. The molecule has 1 atom stereocenters. The number of hydrogen-bond donors (Lipinski definition) is 1. The van der Waals surface area contributed by atoms with Crippen LogP contribution < -0.4 is 5.32 Å². The topological polar surface area (TPSA) is 49.9 Å². The molecule has 1 aliphatic heterocycles. The maximum atomic E-state index is 6.36. The van der Waals surface area contributed by atoms with Crippen LogP contribution in [0.2, 0.25) is 0 Å². The Balaban J connectivity index is 1.15. The van der Waals surface area contributed by atoms with Crippen molar-refractivity contribution < 1.29 is 4.42 Å². The number of furan rings is 1. The minimum atomic E-state index is -0.338. The van der Waals surface area contributed by atoms with Crippen molar-refractivity contribution in [1.82, 2.24) is 5.32 Å². The number of rotatable bonds is 5. The lowest BCUT2D eigenvalue weighted by atomic mass is 9.99. The predicted molar refractivity (Wildman–Crippen MR) is 176 cm³/mol. The molecule has 6 aromatic carbocycles. The van der Waals surface area contributed by atoms with Gasteiger partial charge < -0.3 is 9.73 Å². The molecule has 7 aromatic rings. The van der Waals surface area contributed by atoms with Crippen LogP contribution in [0.4, 0.5) is 0 Å². The van der Waals surface area contributed by atoms with Crippen molar-refractivity contribution in [3.63, 3.8) is 0 Å². The van der Waals surface area contributed by atoms with Crippen LogP contribution >= 0.6 is 0 Å². The molecule has 0 amide bonds. The smallest absolute Gasteiger partial charge is 0.169 e. The SMILES string of the molecule is c1ccc(C2=NC(c3ccccc3)N=C(c3ccc4c(c3)oc3ccc(-c5ccc(-c6ccccc6)cc5)cc34)N2)cc1. The zero-order chi connectivity index (χ0) is 28.6. The van der Waals surface area contributed by atoms with Gasteiger partial charge in [-0.05, 0) is 52.1 Å². The first-order valence-corrected chi connectivity index (χ1v) is 14.4. The Morgan fingerprint density at radius 3 is 1.65 bits per heavy atom. The molecule has 0 radical (unpaired) electrons. The maximum Gasteiger partial charge on any atom is 0.169 e. The van der Waals surface area contributed by atoms with E-state index in [4.69, 9.17) is 14.4 Å². The van der Waals surface area contributed by atoms with Gasteiger partial charge in [0.2, 0.25) is 0 Å². The molecule has 0 fully saturated rings. The van der Waals surface area contributed by atoms with Gasteiger partial charge in [-0.25, -0.2) is 9.98 Å². The Morgan fingerprint density at radius 1 is 0.419 bits per heavy atom. The van der Waals surface area contributed by atoms with E-state index in [1.54, 1.807) is 0 Å². The summed E-state index contributed by atoms with van der Waals surface area (Å²) in [4.78, 5) is 9.97. The van der Waals surface area contributed by atoms with Gasteiger partial charge in [0, 0.05) is 21.9 Å². The molecular weight excluding hydrogens is 526 g/mol. The Kier molecular flexibility index (Phi) is 6.16. The van der Waals surface area contributed by atoms with Gasteiger partial charge in [-0.2, -0.15) is 0 Å². The Morgan fingerprint density at radius 2 is 0.953 bits per heavy atom. The van der Waals surface area contributed by atoms with Crippen LogP contribution in [0.1, 0.15) is 22.9 Å². The van der Waals surface area contributed by atoms with Crippen LogP contribution in [0, 0.1) is 0 Å². The summed E-state index contributed by atoms with van der Waals surface area (Å²) in [5.74, 6) is 1.57. The zero-order valence-corrected chi connectivity index (χ0v) is 23.3. The van der Waals surface area contributed by atoms with E-state index in [0.717, 1.165) is 55.9 Å². The molecule has 4 heteroatoms. The summed E-state index contributed by atoms with van der Waals surface area (Å²) in [5.41, 5.74) is 9.47. The first kappa shape index (κ1) is 25.0. The Bertz CT molecular complexity index is 2130. The molecule has 0 saturated carbocycles. The highest BCUT2D eigenvalue weighted by molar-refractivity contribution is 6.17. The summed E-state index contributed by atoms with van der Waals surface area (Å²) < 4.78 is 6.36. The van der Waals surface area contributed by atoms with E-state index >= 15 is 0 Å². The van der Waals surface area contributed by atoms with Crippen molar-refractivity contribution in [1.29, 1.82) is 0 Å². The highest BCUT2D eigenvalue weighted by atomic mass is 16.3. The lowest BCUT2D eigenvalue weighted by Crippen LogP contribution is -2.36. The van der Waals surface area contributed by atoms with Gasteiger partial charge in [0.25, 0.3) is 0 Å². The van der Waals surface area contributed by atoms with Gasteiger partial charge in [-0.1, -0.05) is 127 Å². The van der Waals surface area contributed by atoms with Crippen LogP contribution in [0.15, 0.2) is 166 Å². The average Bonchev–Trinajstić information content (AvgIpc) is 3.46. The Hall–Kier alpha value is -5.74. The third kappa shape index (κ3) is 4.79. The van der Waals surface area contributed by atoms with E-state index in [-0.39, 0.29) is 6.17 Å². The van der Waals surface area contributed by atoms with Gasteiger partial charge in [0.15, 0.2) is 6.17 Å². The summed E-state index contributed by atoms with van der Waals surface area (Å²) in [5, 5.41) is 5.66. The van der Waals surface area contributed by atoms with Crippen molar-refractivity contribution in [2.45, 2.75) is 6.17 Å². The molecule has 1 unspecified atom stereocenters. The predicted octanol–water partition coefficient (Wildman–Crippen LogP) is 9.42. The first-order chi connectivity index (χ1) is 21.3. The fourth-order valence-electron chi connectivity index (χ4n) is 5.70. The molecule has 1 aliphatic rings. The minimum absolute atomic E-state index is 0.338. The van der Waals surface area contributed by atoms with Crippen LogP contribution in [-0.4, -0.2) is 11.7 Å². The van der Waals surface area contributed by atoms with E-state index in [1.807, 2.05) is 42.5 Å². The third-order valence-electron chi connectivity index (χ3n) is 7.95. The quantitative estimate of drug-likeness (QED) is 0.231. The van der Waals surface area contributed by atoms with Crippen LogP contribution in [0.3, 0.4) is 0 Å². The van der Waals surface area contributed by atoms with Crippen LogP contribution in [0.5, 0.6) is 0 Å². The molecule has 0 bridgehead atoms. The van der Waals surface area contributed by atoms with Crippen LogP contribution in [0.25, 0.3) is 44.2 Å². The van der Waals surface area contributed by atoms with Crippen molar-refractivity contribution in [3.05, 3.63) is 168 Å². The monoisotopic (exact) mass is 553 g/mol. The number of amidine groups is 2.